The first-order valence-electron chi connectivity index (χ1n) is 6.77. The number of amides is 1. The van der Waals surface area contributed by atoms with Gasteiger partial charge in [0.1, 0.15) is 17.1 Å². The van der Waals surface area contributed by atoms with Gasteiger partial charge in [0.2, 0.25) is 0 Å². The van der Waals surface area contributed by atoms with E-state index in [1.807, 2.05) is 16.8 Å². The second-order valence-corrected chi connectivity index (χ2v) is 6.16. The van der Waals surface area contributed by atoms with Gasteiger partial charge in [0.15, 0.2) is 0 Å². The number of halogens is 1. The highest BCUT2D eigenvalue weighted by Gasteiger charge is 2.24. The lowest BCUT2D eigenvalue weighted by molar-refractivity contribution is 0.0529. The molecular formula is C16H15FN2O2S. The maximum atomic E-state index is 13.2. The fraction of sp³-hybridized carbons (Fsp3) is 0.188. The summed E-state index contributed by atoms with van der Waals surface area (Å²) in [5.41, 5.74) is 0.655. The van der Waals surface area contributed by atoms with Gasteiger partial charge < -0.3 is 15.4 Å². The van der Waals surface area contributed by atoms with Gasteiger partial charge in [-0.05, 0) is 53.6 Å². The molecule has 0 spiro atoms. The van der Waals surface area contributed by atoms with Crippen LogP contribution in [-0.2, 0) is 5.60 Å². The quantitative estimate of drug-likeness (QED) is 0.692. The zero-order valence-corrected chi connectivity index (χ0v) is 12.7. The van der Waals surface area contributed by atoms with Gasteiger partial charge in [-0.3, -0.25) is 4.79 Å². The maximum Gasteiger partial charge on any atom is 0.267 e. The maximum absolute atomic E-state index is 13.2. The van der Waals surface area contributed by atoms with Crippen molar-refractivity contribution in [1.82, 2.24) is 10.3 Å². The van der Waals surface area contributed by atoms with E-state index in [0.717, 1.165) is 5.56 Å². The van der Waals surface area contributed by atoms with E-state index < -0.39 is 5.60 Å². The average molecular weight is 318 g/mol. The Bertz CT molecular complexity index is 809. The number of thiophene rings is 1. The summed E-state index contributed by atoms with van der Waals surface area (Å²) in [6.45, 7) is 1.74. The standard InChI is InChI=1S/C16H15FN2O2S/c1-16(21,11-4-5-22-8-11)9-18-15(20)14-7-10-6-12(17)2-3-13(10)19-14/h2-8,19,21H,9H2,1H3,(H,18,20). The molecule has 0 aliphatic heterocycles. The Kier molecular flexibility index (Phi) is 3.72. The van der Waals surface area contributed by atoms with Crippen LogP contribution in [0.3, 0.4) is 0 Å². The number of aromatic nitrogens is 1. The Morgan fingerprint density at radius 1 is 1.41 bits per heavy atom. The topological polar surface area (TPSA) is 65.1 Å². The monoisotopic (exact) mass is 318 g/mol. The summed E-state index contributed by atoms with van der Waals surface area (Å²) >= 11 is 1.49. The summed E-state index contributed by atoms with van der Waals surface area (Å²) in [7, 11) is 0. The van der Waals surface area contributed by atoms with Crippen molar-refractivity contribution >= 4 is 28.1 Å². The number of aromatic amines is 1. The molecule has 0 saturated carbocycles. The van der Waals surface area contributed by atoms with Crippen molar-refractivity contribution in [2.24, 2.45) is 0 Å². The van der Waals surface area contributed by atoms with Crippen LogP contribution in [0.25, 0.3) is 10.9 Å². The molecule has 1 amide bonds. The average Bonchev–Trinajstić information content (AvgIpc) is 3.13. The van der Waals surface area contributed by atoms with Crippen LogP contribution in [0.15, 0.2) is 41.1 Å². The van der Waals surface area contributed by atoms with E-state index in [9.17, 15) is 14.3 Å². The predicted octanol–water partition coefficient (Wildman–Crippen LogP) is 3.01. The summed E-state index contributed by atoms with van der Waals surface area (Å²) in [5, 5.41) is 17.4. The van der Waals surface area contributed by atoms with Crippen molar-refractivity contribution in [3.05, 3.63) is 58.2 Å². The Morgan fingerprint density at radius 2 is 2.23 bits per heavy atom. The molecule has 0 aliphatic carbocycles. The van der Waals surface area contributed by atoms with E-state index in [1.165, 1.54) is 23.5 Å². The zero-order valence-electron chi connectivity index (χ0n) is 11.9. The van der Waals surface area contributed by atoms with Crippen molar-refractivity contribution in [2.45, 2.75) is 12.5 Å². The summed E-state index contributed by atoms with van der Waals surface area (Å²) in [5.74, 6) is -0.689. The predicted molar refractivity (Wildman–Crippen MR) is 84.5 cm³/mol. The number of fused-ring (bicyclic) bond motifs is 1. The van der Waals surface area contributed by atoms with Crippen LogP contribution in [-0.4, -0.2) is 22.5 Å². The van der Waals surface area contributed by atoms with E-state index in [2.05, 4.69) is 10.3 Å². The fourth-order valence-corrected chi connectivity index (χ4v) is 3.03. The van der Waals surface area contributed by atoms with Crippen LogP contribution < -0.4 is 5.32 Å². The van der Waals surface area contributed by atoms with Gasteiger partial charge in [0.05, 0.1) is 6.54 Å². The van der Waals surface area contributed by atoms with E-state index in [4.69, 9.17) is 0 Å². The first-order chi connectivity index (χ1) is 10.5. The van der Waals surface area contributed by atoms with Gasteiger partial charge in [0, 0.05) is 10.9 Å². The van der Waals surface area contributed by atoms with Crippen LogP contribution in [0.1, 0.15) is 23.0 Å². The molecule has 1 unspecified atom stereocenters. The minimum atomic E-state index is -1.13. The van der Waals surface area contributed by atoms with E-state index in [1.54, 1.807) is 19.1 Å². The van der Waals surface area contributed by atoms with Crippen LogP contribution in [0.5, 0.6) is 0 Å². The van der Waals surface area contributed by atoms with Crippen LogP contribution >= 0.6 is 11.3 Å². The number of hydrogen-bond acceptors (Lipinski definition) is 3. The van der Waals surface area contributed by atoms with Gasteiger partial charge in [-0.2, -0.15) is 11.3 Å². The fourth-order valence-electron chi connectivity index (χ4n) is 2.25. The lowest BCUT2D eigenvalue weighted by Gasteiger charge is -2.22. The highest BCUT2D eigenvalue weighted by atomic mass is 32.1. The second kappa shape index (κ2) is 5.55. The van der Waals surface area contributed by atoms with Crippen LogP contribution in [0, 0.1) is 5.82 Å². The number of H-pyrrole nitrogens is 1. The minimum absolute atomic E-state index is 0.0896. The van der Waals surface area contributed by atoms with Crippen molar-refractivity contribution in [3.8, 4) is 0 Å². The summed E-state index contributed by atoms with van der Waals surface area (Å²) in [6.07, 6.45) is 0. The highest BCUT2D eigenvalue weighted by Crippen LogP contribution is 2.22. The molecule has 114 valence electrons. The number of aliphatic hydroxyl groups is 1. The highest BCUT2D eigenvalue weighted by molar-refractivity contribution is 7.08. The molecule has 2 heterocycles. The molecule has 0 bridgehead atoms. The third kappa shape index (κ3) is 2.88. The van der Waals surface area contributed by atoms with Gasteiger partial charge in [-0.15, -0.1) is 0 Å². The molecule has 1 atom stereocenters. The van der Waals surface area contributed by atoms with Crippen LogP contribution in [0.4, 0.5) is 4.39 Å². The van der Waals surface area contributed by atoms with Crippen molar-refractivity contribution in [1.29, 1.82) is 0 Å². The molecule has 0 aliphatic rings. The molecule has 3 rings (SSSR count). The molecular weight excluding hydrogens is 303 g/mol. The zero-order chi connectivity index (χ0) is 15.7. The van der Waals surface area contributed by atoms with E-state index in [-0.39, 0.29) is 18.3 Å². The van der Waals surface area contributed by atoms with Crippen LogP contribution in [0.2, 0.25) is 0 Å². The molecule has 4 nitrogen and oxygen atoms in total. The van der Waals surface area contributed by atoms with Gasteiger partial charge in [-0.1, -0.05) is 0 Å². The number of rotatable bonds is 4. The number of benzene rings is 1. The van der Waals surface area contributed by atoms with Gasteiger partial charge in [-0.25, -0.2) is 4.39 Å². The molecule has 0 fully saturated rings. The number of carbonyl (C=O) groups is 1. The van der Waals surface area contributed by atoms with E-state index in [0.29, 0.717) is 16.6 Å². The number of carbonyl (C=O) groups excluding carboxylic acids is 1. The molecule has 3 N–H and O–H groups in total. The van der Waals surface area contributed by atoms with Crippen molar-refractivity contribution in [2.75, 3.05) is 6.54 Å². The van der Waals surface area contributed by atoms with Crippen molar-refractivity contribution < 1.29 is 14.3 Å². The Balaban J connectivity index is 1.73. The minimum Gasteiger partial charge on any atom is -0.384 e. The largest absolute Gasteiger partial charge is 0.384 e. The molecule has 2 aromatic heterocycles. The molecule has 6 heteroatoms. The Hall–Kier alpha value is -2.18. The molecule has 22 heavy (non-hydrogen) atoms. The molecule has 3 aromatic rings. The normalized spacial score (nSPS) is 14.0. The first kappa shape index (κ1) is 14.7. The van der Waals surface area contributed by atoms with Gasteiger partial charge >= 0.3 is 0 Å². The Labute approximate surface area is 130 Å². The van der Waals surface area contributed by atoms with Gasteiger partial charge in [0.25, 0.3) is 5.91 Å². The summed E-state index contributed by atoms with van der Waals surface area (Å²) < 4.78 is 13.2. The molecule has 1 aromatic carbocycles. The number of hydrogen-bond donors (Lipinski definition) is 3. The third-order valence-corrected chi connectivity index (χ3v) is 4.25. The third-order valence-electron chi connectivity index (χ3n) is 3.56. The first-order valence-corrected chi connectivity index (χ1v) is 7.71. The lowest BCUT2D eigenvalue weighted by atomic mass is 9.99. The SMILES string of the molecule is CC(O)(CNC(=O)c1cc2cc(F)ccc2[nH]1)c1ccsc1. The lowest BCUT2D eigenvalue weighted by Crippen LogP contribution is -2.38. The Morgan fingerprint density at radius 3 is 2.95 bits per heavy atom. The number of nitrogens with one attached hydrogen (secondary N) is 2. The second-order valence-electron chi connectivity index (χ2n) is 5.38. The van der Waals surface area contributed by atoms with E-state index >= 15 is 0 Å². The summed E-state index contributed by atoms with van der Waals surface area (Å²) in [6, 6.07) is 7.70. The smallest absolute Gasteiger partial charge is 0.267 e. The molecule has 0 saturated heterocycles. The summed E-state index contributed by atoms with van der Waals surface area (Å²) in [4.78, 5) is 15.1. The van der Waals surface area contributed by atoms with Crippen molar-refractivity contribution in [3.63, 3.8) is 0 Å². The molecule has 0 radical (unpaired) electrons.